The van der Waals surface area contributed by atoms with E-state index in [1.54, 1.807) is 24.5 Å². The molecule has 0 saturated carbocycles. The average molecular weight is 415 g/mol. The van der Waals surface area contributed by atoms with Crippen molar-refractivity contribution >= 4 is 29.0 Å². The number of allylic oxidation sites excluding steroid dienone is 1. The number of nitrogens with zero attached hydrogens (tertiary/aromatic N) is 3. The molecule has 0 aliphatic heterocycles. The van der Waals surface area contributed by atoms with Gasteiger partial charge in [0, 0.05) is 23.5 Å². The Labute approximate surface area is 172 Å². The molecule has 6 nitrogen and oxygen atoms in total. The third kappa shape index (κ3) is 5.24. The summed E-state index contributed by atoms with van der Waals surface area (Å²) in [5, 5.41) is 14.3. The van der Waals surface area contributed by atoms with Gasteiger partial charge in [0.1, 0.15) is 5.75 Å². The maximum absolute atomic E-state index is 12.1. The fourth-order valence-electron chi connectivity index (χ4n) is 2.60. The number of hydrogen-bond donors (Lipinski definition) is 1. The minimum atomic E-state index is -0.0132. The number of amides is 1. The van der Waals surface area contributed by atoms with Gasteiger partial charge in [-0.05, 0) is 42.1 Å². The predicted octanol–water partition coefficient (Wildman–Crippen LogP) is 3.65. The van der Waals surface area contributed by atoms with E-state index in [1.165, 1.54) is 16.6 Å². The zero-order valence-electron chi connectivity index (χ0n) is 15.6. The van der Waals surface area contributed by atoms with E-state index in [0.29, 0.717) is 24.0 Å². The van der Waals surface area contributed by atoms with Crippen molar-refractivity contribution in [3.8, 4) is 17.1 Å². The van der Waals surface area contributed by atoms with E-state index in [9.17, 15) is 4.79 Å². The van der Waals surface area contributed by atoms with Crippen LogP contribution in [0.4, 0.5) is 0 Å². The van der Waals surface area contributed by atoms with Crippen LogP contribution in [-0.2, 0) is 17.8 Å². The zero-order chi connectivity index (χ0) is 19.8. The lowest BCUT2D eigenvalue weighted by atomic mass is 10.2. The second-order valence-electron chi connectivity index (χ2n) is 5.90. The summed E-state index contributed by atoms with van der Waals surface area (Å²) in [5.74, 6) is 1.80. The zero-order valence-corrected chi connectivity index (χ0v) is 17.3. The molecule has 0 spiro atoms. The SMILES string of the molecule is C=CCn1c(SCC(=O)NCCc2cccs2)nnc1-c1ccc(OC)cc1. The van der Waals surface area contributed by atoms with Gasteiger partial charge in [-0.2, -0.15) is 0 Å². The first-order valence-electron chi connectivity index (χ1n) is 8.81. The highest BCUT2D eigenvalue weighted by Gasteiger charge is 2.15. The molecule has 3 rings (SSSR count). The Balaban J connectivity index is 1.60. The van der Waals surface area contributed by atoms with Gasteiger partial charge < -0.3 is 10.1 Å². The van der Waals surface area contributed by atoms with E-state index in [2.05, 4.69) is 28.2 Å². The summed E-state index contributed by atoms with van der Waals surface area (Å²) < 4.78 is 7.16. The van der Waals surface area contributed by atoms with E-state index >= 15 is 0 Å². The minimum absolute atomic E-state index is 0.0132. The van der Waals surface area contributed by atoms with Crippen LogP contribution in [0.15, 0.2) is 59.6 Å². The molecule has 146 valence electrons. The molecule has 0 aliphatic rings. The first-order chi connectivity index (χ1) is 13.7. The summed E-state index contributed by atoms with van der Waals surface area (Å²) in [4.78, 5) is 13.4. The van der Waals surface area contributed by atoms with Crippen LogP contribution in [0.2, 0.25) is 0 Å². The molecular weight excluding hydrogens is 392 g/mol. The summed E-state index contributed by atoms with van der Waals surface area (Å²) >= 11 is 3.07. The van der Waals surface area contributed by atoms with Crippen LogP contribution in [0.5, 0.6) is 5.75 Å². The molecule has 1 N–H and O–H groups in total. The van der Waals surface area contributed by atoms with Crippen LogP contribution >= 0.6 is 23.1 Å². The second-order valence-corrected chi connectivity index (χ2v) is 7.88. The van der Waals surface area contributed by atoms with Crippen LogP contribution in [-0.4, -0.2) is 40.1 Å². The first kappa shape index (κ1) is 20.2. The number of hydrogen-bond acceptors (Lipinski definition) is 6. The number of aromatic nitrogens is 3. The van der Waals surface area contributed by atoms with Crippen LogP contribution in [0.1, 0.15) is 4.88 Å². The van der Waals surface area contributed by atoms with Gasteiger partial charge >= 0.3 is 0 Å². The molecule has 0 fully saturated rings. The number of rotatable bonds is 10. The molecule has 0 bridgehead atoms. The Hall–Kier alpha value is -2.58. The Kier molecular flexibility index (Phi) is 7.27. The van der Waals surface area contributed by atoms with Gasteiger partial charge in [-0.3, -0.25) is 9.36 Å². The highest BCUT2D eigenvalue weighted by atomic mass is 32.2. The second kappa shape index (κ2) is 10.1. The van der Waals surface area contributed by atoms with Gasteiger partial charge in [-0.25, -0.2) is 0 Å². The van der Waals surface area contributed by atoms with Gasteiger partial charge in [0.25, 0.3) is 0 Å². The van der Waals surface area contributed by atoms with Gasteiger partial charge in [-0.1, -0.05) is 23.9 Å². The van der Waals surface area contributed by atoms with Crippen LogP contribution in [0.3, 0.4) is 0 Å². The van der Waals surface area contributed by atoms with Crippen molar-refractivity contribution in [2.45, 2.75) is 18.1 Å². The number of benzene rings is 1. The molecule has 0 unspecified atom stereocenters. The molecule has 0 atom stereocenters. The number of nitrogens with one attached hydrogen (secondary N) is 1. The molecular formula is C20H22N4O2S2. The fraction of sp³-hybridized carbons (Fsp3) is 0.250. The lowest BCUT2D eigenvalue weighted by molar-refractivity contribution is -0.118. The average Bonchev–Trinajstić information content (AvgIpc) is 3.37. The van der Waals surface area contributed by atoms with E-state index in [4.69, 9.17) is 4.74 Å². The van der Waals surface area contributed by atoms with E-state index in [0.717, 1.165) is 23.6 Å². The van der Waals surface area contributed by atoms with E-state index in [1.807, 2.05) is 40.3 Å². The number of thioether (sulfide) groups is 1. The van der Waals surface area contributed by atoms with Crippen LogP contribution in [0, 0.1) is 0 Å². The van der Waals surface area contributed by atoms with Gasteiger partial charge in [0.15, 0.2) is 11.0 Å². The smallest absolute Gasteiger partial charge is 0.230 e. The molecule has 1 aromatic carbocycles. The van der Waals surface area contributed by atoms with Gasteiger partial charge in [-0.15, -0.1) is 28.1 Å². The monoisotopic (exact) mass is 414 g/mol. The maximum Gasteiger partial charge on any atom is 0.230 e. The van der Waals surface area contributed by atoms with Crippen LogP contribution < -0.4 is 10.1 Å². The quantitative estimate of drug-likeness (QED) is 0.405. The number of ether oxygens (including phenoxy) is 1. The standard InChI is InChI=1S/C20H22N4O2S2/c1-3-12-24-19(15-6-8-16(26-2)9-7-15)22-23-20(24)28-14-18(25)21-11-10-17-5-4-13-27-17/h3-9,13H,1,10-12,14H2,2H3,(H,21,25). The van der Waals surface area contributed by atoms with Gasteiger partial charge in [0.05, 0.1) is 12.9 Å². The molecule has 0 radical (unpaired) electrons. The number of carbonyl (C=O) groups excluding carboxylic acids is 1. The van der Waals surface area contributed by atoms with Crippen molar-refractivity contribution < 1.29 is 9.53 Å². The minimum Gasteiger partial charge on any atom is -0.497 e. The van der Waals surface area contributed by atoms with Crippen LogP contribution in [0.25, 0.3) is 11.4 Å². The molecule has 1 amide bonds. The van der Waals surface area contributed by atoms with Crippen molar-refractivity contribution in [3.05, 3.63) is 59.3 Å². The molecule has 2 heterocycles. The molecule has 28 heavy (non-hydrogen) atoms. The topological polar surface area (TPSA) is 69.0 Å². The van der Waals surface area contributed by atoms with Crippen molar-refractivity contribution in [3.63, 3.8) is 0 Å². The first-order valence-corrected chi connectivity index (χ1v) is 10.7. The summed E-state index contributed by atoms with van der Waals surface area (Å²) in [6.45, 7) is 5.02. The Morgan fingerprint density at radius 3 is 2.82 bits per heavy atom. The highest BCUT2D eigenvalue weighted by molar-refractivity contribution is 7.99. The normalized spacial score (nSPS) is 10.6. The Bertz CT molecular complexity index is 905. The van der Waals surface area contributed by atoms with Crippen molar-refractivity contribution in [2.75, 3.05) is 19.4 Å². The molecule has 0 saturated heterocycles. The fourth-order valence-corrected chi connectivity index (χ4v) is 4.09. The van der Waals surface area contributed by atoms with Crippen molar-refractivity contribution in [2.24, 2.45) is 0 Å². The maximum atomic E-state index is 12.1. The lowest BCUT2D eigenvalue weighted by Gasteiger charge is -2.08. The summed E-state index contributed by atoms with van der Waals surface area (Å²) in [6, 6.07) is 11.7. The van der Waals surface area contributed by atoms with Crippen molar-refractivity contribution in [1.29, 1.82) is 0 Å². The molecule has 8 heteroatoms. The number of methoxy groups -OCH3 is 1. The number of carbonyl (C=O) groups is 1. The Morgan fingerprint density at radius 1 is 1.32 bits per heavy atom. The largest absolute Gasteiger partial charge is 0.497 e. The van der Waals surface area contributed by atoms with E-state index in [-0.39, 0.29) is 5.91 Å². The van der Waals surface area contributed by atoms with E-state index < -0.39 is 0 Å². The third-order valence-electron chi connectivity index (χ3n) is 3.98. The summed E-state index contributed by atoms with van der Waals surface area (Å²) in [7, 11) is 1.63. The molecule has 3 aromatic rings. The highest BCUT2D eigenvalue weighted by Crippen LogP contribution is 2.25. The summed E-state index contributed by atoms with van der Waals surface area (Å²) in [6.07, 6.45) is 2.64. The van der Waals surface area contributed by atoms with Gasteiger partial charge in [0.2, 0.25) is 5.91 Å². The van der Waals surface area contributed by atoms with Crippen molar-refractivity contribution in [1.82, 2.24) is 20.1 Å². The molecule has 2 aromatic heterocycles. The Morgan fingerprint density at radius 2 is 2.14 bits per heavy atom. The number of thiophene rings is 1. The lowest BCUT2D eigenvalue weighted by Crippen LogP contribution is -2.27. The predicted molar refractivity (Wildman–Crippen MR) is 114 cm³/mol. The third-order valence-corrected chi connectivity index (χ3v) is 5.89. The summed E-state index contributed by atoms with van der Waals surface area (Å²) in [5.41, 5.74) is 0.933. The molecule has 0 aliphatic carbocycles.